The molecule has 0 aromatic carbocycles. The highest BCUT2D eigenvalue weighted by molar-refractivity contribution is 7.99. The van der Waals surface area contributed by atoms with Gasteiger partial charge >= 0.3 is 18.0 Å². The van der Waals surface area contributed by atoms with Crippen molar-refractivity contribution >= 4 is 29.8 Å². The van der Waals surface area contributed by atoms with Gasteiger partial charge in [0, 0.05) is 17.5 Å². The van der Waals surface area contributed by atoms with Gasteiger partial charge in [-0.25, -0.2) is 4.79 Å². The van der Waals surface area contributed by atoms with Crippen LogP contribution >= 0.6 is 11.8 Å². The Morgan fingerprint density at radius 2 is 1.44 bits per heavy atom. The van der Waals surface area contributed by atoms with Gasteiger partial charge in [-0.3, -0.25) is 14.9 Å². The first kappa shape index (κ1) is 30.5. The summed E-state index contributed by atoms with van der Waals surface area (Å²) in [4.78, 5) is 37.0. The molecule has 0 aromatic heterocycles. The lowest BCUT2D eigenvalue weighted by Gasteiger charge is -2.28. The summed E-state index contributed by atoms with van der Waals surface area (Å²) < 4.78 is 15.9. The molecule has 0 bridgehead atoms. The molecule has 0 spiro atoms. The Morgan fingerprint density at radius 1 is 0.875 bits per heavy atom. The van der Waals surface area contributed by atoms with Crippen LogP contribution in [0.25, 0.3) is 0 Å². The summed E-state index contributed by atoms with van der Waals surface area (Å²) in [5.41, 5.74) is -1.19. The van der Waals surface area contributed by atoms with E-state index in [0.29, 0.717) is 11.5 Å². The molecular weight excluding hydrogens is 432 g/mol. The number of carbonyl (C=O) groups excluding carboxylic acids is 3. The van der Waals surface area contributed by atoms with Crippen LogP contribution in [0.2, 0.25) is 0 Å². The second-order valence-corrected chi connectivity index (χ2v) is 11.0. The predicted octanol–water partition coefficient (Wildman–Crippen LogP) is 3.91. The van der Waals surface area contributed by atoms with Crippen LogP contribution < -0.4 is 10.6 Å². The highest BCUT2D eigenvalue weighted by Crippen LogP contribution is 2.17. The van der Waals surface area contributed by atoms with Crippen molar-refractivity contribution in [3.8, 4) is 0 Å². The maximum absolute atomic E-state index is 12.4. The average molecular weight is 477 g/mol. The topological polar surface area (TPSA) is 103 Å². The number of hydrogen-bond donors (Lipinski definition) is 2. The first-order chi connectivity index (χ1) is 14.6. The molecule has 0 heterocycles. The van der Waals surface area contributed by atoms with Crippen molar-refractivity contribution in [2.45, 2.75) is 105 Å². The van der Waals surface area contributed by atoms with Crippen LogP contribution in [-0.2, 0) is 23.8 Å². The monoisotopic (exact) mass is 476 g/mol. The van der Waals surface area contributed by atoms with Crippen LogP contribution in [0.1, 0.15) is 75.7 Å². The van der Waals surface area contributed by atoms with Gasteiger partial charge in [0.1, 0.15) is 23.3 Å². The molecule has 0 saturated heterocycles. The smallest absolute Gasteiger partial charge is 0.407 e. The number of ether oxygens (including phenoxy) is 3. The quantitative estimate of drug-likeness (QED) is 0.323. The van der Waals surface area contributed by atoms with Crippen molar-refractivity contribution in [1.82, 2.24) is 10.6 Å². The molecule has 0 fully saturated rings. The number of nitrogens with one attached hydrogen (secondary N) is 2. The van der Waals surface area contributed by atoms with Crippen LogP contribution in [0.3, 0.4) is 0 Å². The highest BCUT2D eigenvalue weighted by Gasteiger charge is 2.29. The van der Waals surface area contributed by atoms with Crippen molar-refractivity contribution in [3.63, 3.8) is 0 Å². The van der Waals surface area contributed by atoms with Crippen LogP contribution in [0, 0.1) is 5.92 Å². The molecule has 188 valence electrons. The number of hydrogen-bond acceptors (Lipinski definition) is 8. The molecule has 0 aliphatic carbocycles. The standard InChI is InChI=1S/C23H44N2O6S/c1-11-15(3)17(25-21(28)31-23(8,9)10)13-32-14-18(20(27)29-12-2)24-16(4)19(26)30-22(5,6)7/h15-18,24H,11-14H2,1-10H3,(H,25,28)/t15-,16-,17-,18-/m0/s1. The maximum Gasteiger partial charge on any atom is 0.407 e. The summed E-state index contributed by atoms with van der Waals surface area (Å²) in [6.07, 6.45) is 0.429. The van der Waals surface area contributed by atoms with E-state index in [1.807, 2.05) is 20.8 Å². The molecule has 32 heavy (non-hydrogen) atoms. The third-order valence-electron chi connectivity index (χ3n) is 4.40. The van der Waals surface area contributed by atoms with Gasteiger partial charge in [-0.05, 0) is 61.3 Å². The Labute approximate surface area is 198 Å². The molecule has 0 aliphatic rings. The maximum atomic E-state index is 12.4. The fourth-order valence-electron chi connectivity index (χ4n) is 2.59. The molecule has 4 atom stereocenters. The molecule has 8 nitrogen and oxygen atoms in total. The van der Waals surface area contributed by atoms with Crippen LogP contribution in [0.15, 0.2) is 0 Å². The number of carbonyl (C=O) groups is 3. The molecule has 2 N–H and O–H groups in total. The van der Waals surface area contributed by atoms with E-state index < -0.39 is 41.3 Å². The lowest BCUT2D eigenvalue weighted by atomic mass is 10.0. The van der Waals surface area contributed by atoms with Crippen molar-refractivity contribution in [2.75, 3.05) is 18.1 Å². The first-order valence-corrected chi connectivity index (χ1v) is 12.5. The summed E-state index contributed by atoms with van der Waals surface area (Å²) in [5, 5.41) is 5.98. The Morgan fingerprint density at radius 3 is 1.91 bits per heavy atom. The van der Waals surface area contributed by atoms with E-state index >= 15 is 0 Å². The average Bonchev–Trinajstić information content (AvgIpc) is 2.62. The molecule has 0 aliphatic heterocycles. The largest absolute Gasteiger partial charge is 0.465 e. The Bertz CT molecular complexity index is 600. The Hall–Kier alpha value is -1.48. The van der Waals surface area contributed by atoms with E-state index in [0.717, 1.165) is 6.42 Å². The Balaban J connectivity index is 5.06. The zero-order chi connectivity index (χ0) is 25.1. The third-order valence-corrected chi connectivity index (χ3v) is 5.56. The summed E-state index contributed by atoms with van der Waals surface area (Å²) in [6, 6.07) is -1.47. The second kappa shape index (κ2) is 13.9. The summed E-state index contributed by atoms with van der Waals surface area (Å²) in [5.74, 6) is 0.350. The molecule has 0 radical (unpaired) electrons. The lowest BCUT2D eigenvalue weighted by Crippen LogP contribution is -2.49. The minimum Gasteiger partial charge on any atom is -0.465 e. The molecule has 0 saturated carbocycles. The molecule has 0 unspecified atom stereocenters. The van der Waals surface area contributed by atoms with Gasteiger partial charge in [0.05, 0.1) is 6.61 Å². The van der Waals surface area contributed by atoms with Crippen LogP contribution in [-0.4, -0.2) is 65.5 Å². The molecule has 0 rings (SSSR count). The van der Waals surface area contributed by atoms with Crippen molar-refractivity contribution in [2.24, 2.45) is 5.92 Å². The number of thioether (sulfide) groups is 1. The van der Waals surface area contributed by atoms with Gasteiger partial charge < -0.3 is 19.5 Å². The van der Waals surface area contributed by atoms with E-state index in [-0.39, 0.29) is 18.6 Å². The van der Waals surface area contributed by atoms with Gasteiger partial charge in [-0.2, -0.15) is 11.8 Å². The van der Waals surface area contributed by atoms with Crippen molar-refractivity contribution < 1.29 is 28.6 Å². The van der Waals surface area contributed by atoms with E-state index in [1.165, 1.54) is 11.8 Å². The number of esters is 2. The van der Waals surface area contributed by atoms with Gasteiger partial charge in [-0.1, -0.05) is 20.3 Å². The van der Waals surface area contributed by atoms with Gasteiger partial charge in [0.15, 0.2) is 0 Å². The van der Waals surface area contributed by atoms with Gasteiger partial charge in [0.25, 0.3) is 0 Å². The number of rotatable bonds is 12. The number of alkyl carbamates (subject to hydrolysis) is 1. The summed E-state index contributed by atoms with van der Waals surface area (Å²) in [6.45, 7) is 18.6. The minimum absolute atomic E-state index is 0.119. The fraction of sp³-hybridized carbons (Fsp3) is 0.870. The van der Waals surface area contributed by atoms with E-state index in [9.17, 15) is 14.4 Å². The molecule has 0 aromatic rings. The number of amides is 1. The minimum atomic E-state index is -0.679. The summed E-state index contributed by atoms with van der Waals surface area (Å²) in [7, 11) is 0. The van der Waals surface area contributed by atoms with Crippen LogP contribution in [0.4, 0.5) is 4.79 Å². The fourth-order valence-corrected chi connectivity index (χ4v) is 3.86. The van der Waals surface area contributed by atoms with E-state index in [4.69, 9.17) is 14.2 Å². The first-order valence-electron chi connectivity index (χ1n) is 11.3. The van der Waals surface area contributed by atoms with Crippen molar-refractivity contribution in [3.05, 3.63) is 0 Å². The van der Waals surface area contributed by atoms with Crippen molar-refractivity contribution in [1.29, 1.82) is 0 Å². The normalized spacial score (nSPS) is 15.8. The van der Waals surface area contributed by atoms with Gasteiger partial charge in [-0.15, -0.1) is 0 Å². The van der Waals surface area contributed by atoms with Gasteiger partial charge in [0.2, 0.25) is 0 Å². The highest BCUT2D eigenvalue weighted by atomic mass is 32.2. The SMILES string of the molecule is CCOC(=O)[C@H](CSC[C@H](NC(=O)OC(C)(C)C)[C@@H](C)CC)N[C@@H](C)C(=O)OC(C)(C)C. The third kappa shape index (κ3) is 13.8. The molecule has 1 amide bonds. The predicted molar refractivity (Wildman–Crippen MR) is 129 cm³/mol. The zero-order valence-electron chi connectivity index (χ0n) is 21.5. The summed E-state index contributed by atoms with van der Waals surface area (Å²) >= 11 is 1.51. The Kier molecular flexibility index (Phi) is 13.3. The molecular formula is C23H44N2O6S. The lowest BCUT2D eigenvalue weighted by molar-refractivity contribution is -0.157. The van der Waals surface area contributed by atoms with E-state index in [2.05, 4.69) is 24.5 Å². The van der Waals surface area contributed by atoms with Crippen LogP contribution in [0.5, 0.6) is 0 Å². The second-order valence-electron chi connectivity index (χ2n) is 9.90. The zero-order valence-corrected chi connectivity index (χ0v) is 22.3. The van der Waals surface area contributed by atoms with E-state index in [1.54, 1.807) is 34.6 Å². The molecule has 9 heteroatoms.